The van der Waals surface area contributed by atoms with Crippen molar-refractivity contribution in [3.05, 3.63) is 53.6 Å². The molecule has 3 rings (SSSR count). The molecular formula is C20H24N2O5S. The van der Waals surface area contributed by atoms with Gasteiger partial charge in [-0.3, -0.25) is 4.79 Å². The number of aliphatic hydroxyl groups is 1. The van der Waals surface area contributed by atoms with Crippen molar-refractivity contribution in [2.24, 2.45) is 0 Å². The topological polar surface area (TPSA) is 105 Å². The third-order valence-corrected chi connectivity index (χ3v) is 6.09. The van der Waals surface area contributed by atoms with E-state index in [9.17, 15) is 18.3 Å². The van der Waals surface area contributed by atoms with Gasteiger partial charge >= 0.3 is 0 Å². The van der Waals surface area contributed by atoms with E-state index < -0.39 is 27.8 Å². The number of benzene rings is 2. The number of amides is 1. The Morgan fingerprint density at radius 3 is 2.54 bits per heavy atom. The van der Waals surface area contributed by atoms with Crippen LogP contribution in [0.3, 0.4) is 0 Å². The number of ether oxygens (including phenoxy) is 1. The maximum atomic E-state index is 12.9. The number of carbonyl (C=O) groups excluding carboxylic acids is 1. The van der Waals surface area contributed by atoms with E-state index in [0.29, 0.717) is 17.0 Å². The smallest absolute Gasteiger partial charge is 0.241 e. The van der Waals surface area contributed by atoms with Gasteiger partial charge in [-0.1, -0.05) is 12.1 Å². The van der Waals surface area contributed by atoms with E-state index in [-0.39, 0.29) is 10.8 Å². The molecule has 3 N–H and O–H groups in total. The summed E-state index contributed by atoms with van der Waals surface area (Å²) < 4.78 is 34.4. The molecule has 2 aromatic carbocycles. The molecule has 0 saturated heterocycles. The second-order valence-corrected chi connectivity index (χ2v) is 9.21. The summed E-state index contributed by atoms with van der Waals surface area (Å²) in [5.41, 5.74) is 0.738. The normalized spacial score (nSPS) is 20.8. The number of nitrogens with one attached hydrogen (secondary N) is 2. The van der Waals surface area contributed by atoms with Crippen LogP contribution in [0.2, 0.25) is 0 Å². The third kappa shape index (κ3) is 4.04. The molecule has 0 aliphatic carbocycles. The Morgan fingerprint density at radius 2 is 1.89 bits per heavy atom. The average Bonchev–Trinajstić information content (AvgIpc) is 2.59. The first-order chi connectivity index (χ1) is 13.0. The number of aryl methyl sites for hydroxylation is 1. The van der Waals surface area contributed by atoms with Gasteiger partial charge in [-0.05, 0) is 56.7 Å². The summed E-state index contributed by atoms with van der Waals surface area (Å²) in [4.78, 5) is 11.5. The minimum absolute atomic E-state index is 0.114. The lowest BCUT2D eigenvalue weighted by atomic mass is 9.87. The molecule has 0 fully saturated rings. The summed E-state index contributed by atoms with van der Waals surface area (Å²) in [5.74, 6) is 0.191. The van der Waals surface area contributed by atoms with Crippen molar-refractivity contribution in [2.45, 2.75) is 50.3 Å². The van der Waals surface area contributed by atoms with Crippen LogP contribution >= 0.6 is 0 Å². The highest BCUT2D eigenvalue weighted by Gasteiger charge is 2.44. The first-order valence-corrected chi connectivity index (χ1v) is 10.4. The Morgan fingerprint density at radius 1 is 1.18 bits per heavy atom. The highest BCUT2D eigenvalue weighted by atomic mass is 32.2. The van der Waals surface area contributed by atoms with Crippen LogP contribution in [-0.2, 0) is 14.8 Å². The van der Waals surface area contributed by atoms with Gasteiger partial charge in [0.25, 0.3) is 0 Å². The number of hydrogen-bond acceptors (Lipinski definition) is 5. The van der Waals surface area contributed by atoms with Crippen molar-refractivity contribution in [1.29, 1.82) is 0 Å². The zero-order chi connectivity index (χ0) is 20.7. The predicted octanol–water partition coefficient (Wildman–Crippen LogP) is 2.50. The van der Waals surface area contributed by atoms with Crippen LogP contribution in [0.15, 0.2) is 47.4 Å². The zero-order valence-electron chi connectivity index (χ0n) is 16.2. The fourth-order valence-electron chi connectivity index (χ4n) is 3.23. The first kappa shape index (κ1) is 20.3. The van der Waals surface area contributed by atoms with Crippen molar-refractivity contribution in [3.8, 4) is 5.75 Å². The lowest BCUT2D eigenvalue weighted by molar-refractivity contribution is -0.114. The maximum Gasteiger partial charge on any atom is 0.241 e. The summed E-state index contributed by atoms with van der Waals surface area (Å²) in [5, 5.41) is 13.5. The highest BCUT2D eigenvalue weighted by Crippen LogP contribution is 2.41. The molecule has 28 heavy (non-hydrogen) atoms. The van der Waals surface area contributed by atoms with Gasteiger partial charge < -0.3 is 15.2 Å². The molecule has 0 spiro atoms. The summed E-state index contributed by atoms with van der Waals surface area (Å²) in [6.45, 7) is 6.57. The van der Waals surface area contributed by atoms with Crippen LogP contribution in [0.5, 0.6) is 5.75 Å². The van der Waals surface area contributed by atoms with Gasteiger partial charge in [0.15, 0.2) is 0 Å². The van der Waals surface area contributed by atoms with Crippen molar-refractivity contribution in [3.63, 3.8) is 0 Å². The third-order valence-electron chi connectivity index (χ3n) is 4.65. The van der Waals surface area contributed by atoms with Gasteiger partial charge in [-0.2, -0.15) is 0 Å². The van der Waals surface area contributed by atoms with Crippen LogP contribution in [0, 0.1) is 6.92 Å². The van der Waals surface area contributed by atoms with Crippen LogP contribution in [-0.4, -0.2) is 31.1 Å². The van der Waals surface area contributed by atoms with Crippen molar-refractivity contribution < 1.29 is 23.1 Å². The van der Waals surface area contributed by atoms with Crippen molar-refractivity contribution >= 4 is 21.6 Å². The number of sulfonamides is 1. The van der Waals surface area contributed by atoms with E-state index >= 15 is 0 Å². The van der Waals surface area contributed by atoms with Crippen LogP contribution < -0.4 is 14.8 Å². The van der Waals surface area contributed by atoms with E-state index in [1.54, 1.807) is 57.2 Å². The maximum absolute atomic E-state index is 12.9. The average molecular weight is 404 g/mol. The highest BCUT2D eigenvalue weighted by molar-refractivity contribution is 7.89. The largest absolute Gasteiger partial charge is 0.485 e. The Bertz CT molecular complexity index is 1020. The van der Waals surface area contributed by atoms with E-state index in [4.69, 9.17) is 4.74 Å². The molecule has 1 aliphatic rings. The zero-order valence-corrected chi connectivity index (χ0v) is 17.0. The Kier molecular flexibility index (Phi) is 5.22. The summed E-state index contributed by atoms with van der Waals surface area (Å²) in [7, 11) is -3.90. The molecule has 0 bridgehead atoms. The van der Waals surface area contributed by atoms with Crippen LogP contribution in [0.1, 0.15) is 37.9 Å². The number of aliphatic hydroxyl groups excluding tert-OH is 1. The molecule has 1 heterocycles. The van der Waals surface area contributed by atoms with Crippen LogP contribution in [0.4, 0.5) is 5.69 Å². The molecular weight excluding hydrogens is 380 g/mol. The Balaban J connectivity index is 2.05. The van der Waals surface area contributed by atoms with E-state index in [1.807, 2.05) is 0 Å². The van der Waals surface area contributed by atoms with Crippen molar-refractivity contribution in [2.75, 3.05) is 5.32 Å². The van der Waals surface area contributed by atoms with E-state index in [2.05, 4.69) is 10.0 Å². The molecule has 2 unspecified atom stereocenters. The van der Waals surface area contributed by atoms with E-state index in [0.717, 1.165) is 5.56 Å². The van der Waals surface area contributed by atoms with Crippen molar-refractivity contribution in [1.82, 2.24) is 4.72 Å². The second kappa shape index (κ2) is 7.20. The summed E-state index contributed by atoms with van der Waals surface area (Å²) in [6, 6.07) is 10.5. The molecule has 0 radical (unpaired) electrons. The van der Waals surface area contributed by atoms with Gasteiger partial charge in [0.2, 0.25) is 15.9 Å². The molecule has 2 atom stereocenters. The van der Waals surface area contributed by atoms with Gasteiger partial charge in [-0.25, -0.2) is 13.1 Å². The number of hydrogen-bond donors (Lipinski definition) is 3. The standard InChI is InChI=1S/C20H24N2O5S/c1-12-6-5-7-15(10-12)28(25,26)22-18-16-11-14(21-13(2)23)8-9-17(16)27-20(3,4)19(18)24/h5-11,18-19,22,24H,1-4H3,(H,21,23). The number of rotatable bonds is 4. The molecule has 150 valence electrons. The fraction of sp³-hybridized carbons (Fsp3) is 0.350. The summed E-state index contributed by atoms with van der Waals surface area (Å²) in [6.07, 6.45) is -1.15. The second-order valence-electron chi connectivity index (χ2n) is 7.50. The Hall–Kier alpha value is -2.42. The molecule has 1 aliphatic heterocycles. The molecule has 8 heteroatoms. The molecule has 0 aromatic heterocycles. The summed E-state index contributed by atoms with van der Waals surface area (Å²) >= 11 is 0. The number of carbonyl (C=O) groups is 1. The van der Waals surface area contributed by atoms with E-state index in [1.165, 1.54) is 13.0 Å². The first-order valence-electron chi connectivity index (χ1n) is 8.87. The molecule has 0 saturated carbocycles. The van der Waals surface area contributed by atoms with Gasteiger partial charge in [0.1, 0.15) is 17.5 Å². The predicted molar refractivity (Wildman–Crippen MR) is 106 cm³/mol. The molecule has 1 amide bonds. The minimum Gasteiger partial charge on any atom is -0.485 e. The van der Waals surface area contributed by atoms with Gasteiger partial charge in [-0.15, -0.1) is 0 Å². The number of anilines is 1. The number of fused-ring (bicyclic) bond motifs is 1. The molecule has 2 aromatic rings. The Labute approximate surface area is 164 Å². The molecule has 7 nitrogen and oxygen atoms in total. The quantitative estimate of drug-likeness (QED) is 0.726. The van der Waals surface area contributed by atoms with Gasteiger partial charge in [0, 0.05) is 18.2 Å². The van der Waals surface area contributed by atoms with Crippen LogP contribution in [0.25, 0.3) is 0 Å². The lowest BCUT2D eigenvalue weighted by Gasteiger charge is -2.42. The fourth-order valence-corrected chi connectivity index (χ4v) is 4.55. The SMILES string of the molecule is CC(=O)Nc1ccc2c(c1)C(NS(=O)(=O)c1cccc(C)c1)C(O)C(C)(C)O2. The monoisotopic (exact) mass is 404 g/mol. The minimum atomic E-state index is -3.90. The lowest BCUT2D eigenvalue weighted by Crippen LogP contribution is -2.53. The van der Waals surface area contributed by atoms with Gasteiger partial charge in [0.05, 0.1) is 10.9 Å².